The Bertz CT molecular complexity index is 383. The number of para-hydroxylation sites is 1. The van der Waals surface area contributed by atoms with Crippen LogP contribution in [-0.4, -0.2) is 19.5 Å². The first kappa shape index (κ1) is 11.0. The Balaban J connectivity index is 1.91. The standard InChI is InChI=1S/C13H18N2O/c1-16-12-5-3-2-4-10(12)8-9-15-13(14)11-6-7-11/h2-5,11H,6-9H2,1H3,(H2,14,15). The van der Waals surface area contributed by atoms with Crippen molar-refractivity contribution in [1.82, 2.24) is 0 Å². The molecule has 2 N–H and O–H groups in total. The zero-order chi connectivity index (χ0) is 11.4. The summed E-state index contributed by atoms with van der Waals surface area (Å²) in [4.78, 5) is 4.40. The van der Waals surface area contributed by atoms with E-state index in [9.17, 15) is 0 Å². The molecule has 0 atom stereocenters. The molecule has 0 aromatic heterocycles. The molecule has 16 heavy (non-hydrogen) atoms. The van der Waals surface area contributed by atoms with E-state index in [2.05, 4.69) is 11.1 Å². The van der Waals surface area contributed by atoms with Crippen molar-refractivity contribution >= 4 is 5.84 Å². The Morgan fingerprint density at radius 3 is 2.88 bits per heavy atom. The van der Waals surface area contributed by atoms with Crippen LogP contribution in [0.4, 0.5) is 0 Å². The van der Waals surface area contributed by atoms with Gasteiger partial charge in [0.1, 0.15) is 5.75 Å². The summed E-state index contributed by atoms with van der Waals surface area (Å²) in [7, 11) is 1.70. The van der Waals surface area contributed by atoms with Gasteiger partial charge in [-0.15, -0.1) is 0 Å². The van der Waals surface area contributed by atoms with E-state index in [0.717, 1.165) is 24.6 Å². The molecule has 3 heteroatoms. The minimum atomic E-state index is 0.567. The maximum Gasteiger partial charge on any atom is 0.122 e. The van der Waals surface area contributed by atoms with E-state index in [-0.39, 0.29) is 0 Å². The summed E-state index contributed by atoms with van der Waals surface area (Å²) >= 11 is 0. The zero-order valence-electron chi connectivity index (χ0n) is 9.65. The van der Waals surface area contributed by atoms with Crippen LogP contribution in [0.3, 0.4) is 0 Å². The lowest BCUT2D eigenvalue weighted by atomic mass is 10.1. The van der Waals surface area contributed by atoms with Crippen LogP contribution in [0.15, 0.2) is 29.3 Å². The maximum absolute atomic E-state index is 5.83. The normalized spacial score (nSPS) is 16.2. The number of hydrogen-bond donors (Lipinski definition) is 1. The van der Waals surface area contributed by atoms with Gasteiger partial charge in [-0.3, -0.25) is 4.99 Å². The van der Waals surface area contributed by atoms with Gasteiger partial charge in [-0.1, -0.05) is 18.2 Å². The van der Waals surface area contributed by atoms with Crippen molar-refractivity contribution in [2.45, 2.75) is 19.3 Å². The summed E-state index contributed by atoms with van der Waals surface area (Å²) in [5.41, 5.74) is 7.02. The molecule has 1 aromatic rings. The lowest BCUT2D eigenvalue weighted by Crippen LogP contribution is -2.14. The van der Waals surface area contributed by atoms with Gasteiger partial charge >= 0.3 is 0 Å². The van der Waals surface area contributed by atoms with Crippen LogP contribution in [0.2, 0.25) is 0 Å². The fraction of sp³-hybridized carbons (Fsp3) is 0.462. The third kappa shape index (κ3) is 2.75. The molecule has 86 valence electrons. The van der Waals surface area contributed by atoms with E-state index in [1.165, 1.54) is 18.4 Å². The second kappa shape index (κ2) is 5.01. The minimum absolute atomic E-state index is 0.567. The predicted octanol–water partition coefficient (Wildman–Crippen LogP) is 2.00. The molecule has 3 nitrogen and oxygen atoms in total. The highest BCUT2D eigenvalue weighted by molar-refractivity contribution is 5.84. The van der Waals surface area contributed by atoms with E-state index in [1.807, 2.05) is 18.2 Å². The molecule has 2 rings (SSSR count). The third-order valence-electron chi connectivity index (χ3n) is 2.86. The van der Waals surface area contributed by atoms with Crippen molar-refractivity contribution in [3.05, 3.63) is 29.8 Å². The highest BCUT2D eigenvalue weighted by Gasteiger charge is 2.24. The molecule has 0 unspecified atom stereocenters. The van der Waals surface area contributed by atoms with Crippen LogP contribution in [0, 0.1) is 5.92 Å². The summed E-state index contributed by atoms with van der Waals surface area (Å²) in [6, 6.07) is 8.04. The van der Waals surface area contributed by atoms with Crippen LogP contribution < -0.4 is 10.5 Å². The Kier molecular flexibility index (Phi) is 3.44. The number of rotatable bonds is 5. The van der Waals surface area contributed by atoms with Crippen LogP contribution in [-0.2, 0) is 6.42 Å². The van der Waals surface area contributed by atoms with Gasteiger partial charge in [-0.05, 0) is 30.9 Å². The molecule has 0 aliphatic heterocycles. The average Bonchev–Trinajstić information content (AvgIpc) is 3.13. The van der Waals surface area contributed by atoms with Crippen molar-refractivity contribution in [1.29, 1.82) is 0 Å². The van der Waals surface area contributed by atoms with Gasteiger partial charge < -0.3 is 10.5 Å². The quantitative estimate of drug-likeness (QED) is 0.607. The summed E-state index contributed by atoms with van der Waals surface area (Å²) in [5.74, 6) is 2.33. The molecule has 0 spiro atoms. The molecule has 0 amide bonds. The van der Waals surface area contributed by atoms with Gasteiger partial charge in [0, 0.05) is 12.5 Å². The maximum atomic E-state index is 5.83. The van der Waals surface area contributed by atoms with E-state index < -0.39 is 0 Å². The number of aliphatic imine (C=N–C) groups is 1. The fourth-order valence-corrected chi connectivity index (χ4v) is 1.72. The Morgan fingerprint density at radius 1 is 1.44 bits per heavy atom. The summed E-state index contributed by atoms with van der Waals surface area (Å²) in [6.07, 6.45) is 3.31. The molecule has 0 heterocycles. The Morgan fingerprint density at radius 2 is 2.19 bits per heavy atom. The number of nitrogens with zero attached hydrogens (tertiary/aromatic N) is 1. The fourth-order valence-electron chi connectivity index (χ4n) is 1.72. The predicted molar refractivity (Wildman–Crippen MR) is 65.9 cm³/mol. The van der Waals surface area contributed by atoms with E-state index in [1.54, 1.807) is 7.11 Å². The van der Waals surface area contributed by atoms with Gasteiger partial charge in [-0.2, -0.15) is 0 Å². The molecule has 1 aliphatic carbocycles. The van der Waals surface area contributed by atoms with Gasteiger partial charge in [0.15, 0.2) is 0 Å². The molecule has 0 bridgehead atoms. The molecule has 1 aromatic carbocycles. The van der Waals surface area contributed by atoms with Crippen molar-refractivity contribution in [3.63, 3.8) is 0 Å². The van der Waals surface area contributed by atoms with Crippen LogP contribution in [0.1, 0.15) is 18.4 Å². The van der Waals surface area contributed by atoms with Gasteiger partial charge in [0.2, 0.25) is 0 Å². The second-order valence-corrected chi connectivity index (χ2v) is 4.14. The number of hydrogen-bond acceptors (Lipinski definition) is 2. The largest absolute Gasteiger partial charge is 0.496 e. The topological polar surface area (TPSA) is 47.6 Å². The first-order valence-electron chi connectivity index (χ1n) is 5.73. The Labute approximate surface area is 96.3 Å². The number of benzene rings is 1. The smallest absolute Gasteiger partial charge is 0.122 e. The highest BCUT2D eigenvalue weighted by atomic mass is 16.5. The highest BCUT2D eigenvalue weighted by Crippen LogP contribution is 2.28. The minimum Gasteiger partial charge on any atom is -0.496 e. The Hall–Kier alpha value is -1.51. The number of amidine groups is 1. The summed E-state index contributed by atoms with van der Waals surface area (Å²) < 4.78 is 5.28. The summed E-state index contributed by atoms with van der Waals surface area (Å²) in [5, 5.41) is 0. The van der Waals surface area contributed by atoms with Crippen molar-refractivity contribution in [2.24, 2.45) is 16.6 Å². The molecule has 0 saturated heterocycles. The van der Waals surface area contributed by atoms with Crippen molar-refractivity contribution in [3.8, 4) is 5.75 Å². The monoisotopic (exact) mass is 218 g/mol. The van der Waals surface area contributed by atoms with Crippen LogP contribution in [0.25, 0.3) is 0 Å². The van der Waals surface area contributed by atoms with E-state index in [0.29, 0.717) is 5.92 Å². The number of nitrogens with two attached hydrogens (primary N) is 1. The second-order valence-electron chi connectivity index (χ2n) is 4.14. The molecule has 1 fully saturated rings. The van der Waals surface area contributed by atoms with Gasteiger partial charge in [0.05, 0.1) is 12.9 Å². The number of ether oxygens (including phenoxy) is 1. The van der Waals surface area contributed by atoms with Crippen molar-refractivity contribution < 1.29 is 4.74 Å². The molecule has 1 saturated carbocycles. The SMILES string of the molecule is COc1ccccc1CCN=C(N)C1CC1. The molecule has 1 aliphatic rings. The van der Waals surface area contributed by atoms with Crippen LogP contribution in [0.5, 0.6) is 5.75 Å². The average molecular weight is 218 g/mol. The zero-order valence-corrected chi connectivity index (χ0v) is 9.65. The molecular formula is C13H18N2O. The summed E-state index contributed by atoms with van der Waals surface area (Å²) in [6.45, 7) is 0.753. The lowest BCUT2D eigenvalue weighted by molar-refractivity contribution is 0.410. The van der Waals surface area contributed by atoms with E-state index in [4.69, 9.17) is 10.5 Å². The third-order valence-corrected chi connectivity index (χ3v) is 2.86. The molecular weight excluding hydrogens is 200 g/mol. The van der Waals surface area contributed by atoms with Crippen molar-refractivity contribution in [2.75, 3.05) is 13.7 Å². The van der Waals surface area contributed by atoms with Crippen LogP contribution >= 0.6 is 0 Å². The molecule has 0 radical (unpaired) electrons. The van der Waals surface area contributed by atoms with Gasteiger partial charge in [-0.25, -0.2) is 0 Å². The first-order valence-corrected chi connectivity index (χ1v) is 5.73. The van der Waals surface area contributed by atoms with E-state index >= 15 is 0 Å². The van der Waals surface area contributed by atoms with Gasteiger partial charge in [0.25, 0.3) is 0 Å². The number of methoxy groups -OCH3 is 1. The lowest BCUT2D eigenvalue weighted by Gasteiger charge is -2.06. The first-order chi connectivity index (χ1) is 7.81.